The molecular formula is C24H41FN4O2. The van der Waals surface area contributed by atoms with Crippen LogP contribution in [0.2, 0.25) is 0 Å². The summed E-state index contributed by atoms with van der Waals surface area (Å²) in [5.41, 5.74) is 1.03. The average molecular weight is 437 g/mol. The number of hydrogen-bond acceptors (Lipinski definition) is 4. The first-order valence-electron chi connectivity index (χ1n) is 11.7. The lowest BCUT2D eigenvalue weighted by atomic mass is 9.79. The molecule has 0 bridgehead atoms. The molecule has 0 aromatic heterocycles. The van der Waals surface area contributed by atoms with Crippen molar-refractivity contribution in [2.75, 3.05) is 39.9 Å². The molecule has 0 atom stereocenters. The second kappa shape index (κ2) is 12.9. The molecule has 2 rings (SSSR count). The van der Waals surface area contributed by atoms with Crippen molar-refractivity contribution in [3.63, 3.8) is 0 Å². The van der Waals surface area contributed by atoms with Gasteiger partial charge in [0.1, 0.15) is 0 Å². The maximum atomic E-state index is 14.0. The van der Waals surface area contributed by atoms with Gasteiger partial charge in [-0.3, -0.25) is 9.89 Å². The zero-order chi connectivity index (χ0) is 22.7. The van der Waals surface area contributed by atoms with Gasteiger partial charge in [0.15, 0.2) is 17.5 Å². The highest BCUT2D eigenvalue weighted by molar-refractivity contribution is 5.80. The molecule has 3 N–H and O–H groups in total. The Morgan fingerprint density at radius 2 is 1.97 bits per heavy atom. The molecule has 0 saturated carbocycles. The van der Waals surface area contributed by atoms with Crippen molar-refractivity contribution in [2.24, 2.45) is 10.4 Å². The van der Waals surface area contributed by atoms with E-state index in [1.165, 1.54) is 7.11 Å². The van der Waals surface area contributed by atoms with Crippen LogP contribution in [0.15, 0.2) is 23.2 Å². The molecule has 1 heterocycles. The fraction of sp³-hybridized carbons (Fsp3) is 0.708. The highest BCUT2D eigenvalue weighted by Crippen LogP contribution is 2.30. The van der Waals surface area contributed by atoms with Crippen molar-refractivity contribution in [2.45, 2.75) is 65.5 Å². The lowest BCUT2D eigenvalue weighted by Gasteiger charge is -2.34. The molecule has 0 spiro atoms. The summed E-state index contributed by atoms with van der Waals surface area (Å²) in [5, 5.41) is 16.4. The van der Waals surface area contributed by atoms with E-state index in [0.29, 0.717) is 6.04 Å². The van der Waals surface area contributed by atoms with Crippen molar-refractivity contribution in [3.8, 4) is 5.75 Å². The van der Waals surface area contributed by atoms with Gasteiger partial charge in [-0.25, -0.2) is 4.39 Å². The van der Waals surface area contributed by atoms with Crippen LogP contribution in [0, 0.1) is 11.2 Å². The number of aliphatic hydroxyl groups is 1. The summed E-state index contributed by atoms with van der Waals surface area (Å²) < 4.78 is 19.0. The highest BCUT2D eigenvalue weighted by Gasteiger charge is 2.26. The molecule has 0 aliphatic carbocycles. The van der Waals surface area contributed by atoms with E-state index in [2.05, 4.69) is 36.3 Å². The molecule has 31 heavy (non-hydrogen) atoms. The molecule has 1 aromatic rings. The van der Waals surface area contributed by atoms with E-state index in [1.54, 1.807) is 12.1 Å². The number of halogens is 1. The second-order valence-corrected chi connectivity index (χ2v) is 8.54. The highest BCUT2D eigenvalue weighted by atomic mass is 19.1. The van der Waals surface area contributed by atoms with E-state index in [1.807, 2.05) is 6.07 Å². The minimum Gasteiger partial charge on any atom is -0.494 e. The fourth-order valence-electron chi connectivity index (χ4n) is 4.21. The molecule has 0 radical (unpaired) electrons. The molecule has 7 heteroatoms. The van der Waals surface area contributed by atoms with Gasteiger partial charge in [0, 0.05) is 45.4 Å². The van der Waals surface area contributed by atoms with Crippen LogP contribution < -0.4 is 15.4 Å². The summed E-state index contributed by atoms with van der Waals surface area (Å²) in [6.45, 7) is 10.9. The second-order valence-electron chi connectivity index (χ2n) is 8.54. The number of guanidine groups is 1. The summed E-state index contributed by atoms with van der Waals surface area (Å²) in [6, 6.07) is 5.57. The van der Waals surface area contributed by atoms with E-state index in [-0.39, 0.29) is 23.6 Å². The smallest absolute Gasteiger partial charge is 0.191 e. The average Bonchev–Trinajstić information content (AvgIpc) is 2.78. The van der Waals surface area contributed by atoms with Gasteiger partial charge in [-0.05, 0) is 62.1 Å². The number of nitrogens with one attached hydrogen (secondary N) is 2. The standard InChI is InChI=1S/C24H41FN4O2/c1-5-24(6-2,12-15-30)18-27-23(26-7-3)28-20-10-13-29(14-11-20)17-19-8-9-22(31-4)21(25)16-19/h8-9,16,20,30H,5-7,10-15,17-18H2,1-4H3,(H2,26,27,28). The van der Waals surface area contributed by atoms with Crippen LogP contribution in [-0.2, 0) is 6.54 Å². The third-order valence-electron chi connectivity index (χ3n) is 6.61. The molecule has 1 aromatic carbocycles. The van der Waals surface area contributed by atoms with Crippen molar-refractivity contribution in [3.05, 3.63) is 29.6 Å². The number of aliphatic imine (C=N–C) groups is 1. The SMILES string of the molecule is CCNC(=NCC(CC)(CC)CCO)NC1CCN(Cc2ccc(OC)c(F)c2)CC1. The van der Waals surface area contributed by atoms with Gasteiger partial charge in [0.05, 0.1) is 7.11 Å². The van der Waals surface area contributed by atoms with Gasteiger partial charge < -0.3 is 20.5 Å². The zero-order valence-corrected chi connectivity index (χ0v) is 19.7. The quantitative estimate of drug-likeness (QED) is 0.366. The number of likely N-dealkylation sites (tertiary alicyclic amines) is 1. The summed E-state index contributed by atoms with van der Waals surface area (Å²) in [6.07, 6.45) is 4.85. The van der Waals surface area contributed by atoms with Crippen molar-refractivity contribution >= 4 is 5.96 Å². The van der Waals surface area contributed by atoms with Crippen LogP contribution >= 0.6 is 0 Å². The maximum absolute atomic E-state index is 14.0. The number of ether oxygens (including phenoxy) is 1. The minimum absolute atomic E-state index is 0.0636. The fourth-order valence-corrected chi connectivity index (χ4v) is 4.21. The topological polar surface area (TPSA) is 69.1 Å². The maximum Gasteiger partial charge on any atom is 0.191 e. The lowest BCUT2D eigenvalue weighted by Crippen LogP contribution is -2.48. The Bertz CT molecular complexity index is 686. The molecule has 0 amide bonds. The zero-order valence-electron chi connectivity index (χ0n) is 19.7. The molecule has 1 saturated heterocycles. The number of piperidine rings is 1. The van der Waals surface area contributed by atoms with Crippen LogP contribution in [0.5, 0.6) is 5.75 Å². The first-order chi connectivity index (χ1) is 15.0. The predicted molar refractivity (Wildman–Crippen MR) is 125 cm³/mol. The van der Waals surface area contributed by atoms with Crippen LogP contribution in [0.1, 0.15) is 58.4 Å². The van der Waals surface area contributed by atoms with E-state index in [0.717, 1.165) is 76.4 Å². The summed E-state index contributed by atoms with van der Waals surface area (Å²) in [7, 11) is 1.48. The number of benzene rings is 1. The Morgan fingerprint density at radius 3 is 2.52 bits per heavy atom. The van der Waals surface area contributed by atoms with Gasteiger partial charge in [-0.2, -0.15) is 0 Å². The summed E-state index contributed by atoms with van der Waals surface area (Å²) in [4.78, 5) is 7.23. The number of rotatable bonds is 11. The lowest BCUT2D eigenvalue weighted by molar-refractivity contribution is 0.175. The predicted octanol–water partition coefficient (Wildman–Crippen LogP) is 3.54. The molecule has 1 aliphatic heterocycles. The molecule has 1 aliphatic rings. The Kier molecular flexibility index (Phi) is 10.5. The van der Waals surface area contributed by atoms with Crippen LogP contribution in [-0.4, -0.2) is 61.9 Å². The number of hydrogen-bond donors (Lipinski definition) is 3. The third-order valence-corrected chi connectivity index (χ3v) is 6.61. The monoisotopic (exact) mass is 436 g/mol. The van der Waals surface area contributed by atoms with Crippen molar-refractivity contribution in [1.82, 2.24) is 15.5 Å². The largest absolute Gasteiger partial charge is 0.494 e. The van der Waals surface area contributed by atoms with E-state index in [4.69, 9.17) is 9.73 Å². The third kappa shape index (κ3) is 7.65. The van der Waals surface area contributed by atoms with E-state index in [9.17, 15) is 9.50 Å². The van der Waals surface area contributed by atoms with Crippen molar-refractivity contribution in [1.29, 1.82) is 0 Å². The van der Waals surface area contributed by atoms with Gasteiger partial charge in [0.25, 0.3) is 0 Å². The van der Waals surface area contributed by atoms with Gasteiger partial charge in [-0.15, -0.1) is 0 Å². The van der Waals surface area contributed by atoms with Gasteiger partial charge in [-0.1, -0.05) is 19.9 Å². The molecule has 0 unspecified atom stereocenters. The molecule has 1 fully saturated rings. The molecule has 6 nitrogen and oxygen atoms in total. The van der Waals surface area contributed by atoms with Crippen LogP contribution in [0.4, 0.5) is 4.39 Å². The molecule has 176 valence electrons. The summed E-state index contributed by atoms with van der Waals surface area (Å²) >= 11 is 0. The Hall–Kier alpha value is -1.86. The Morgan fingerprint density at radius 1 is 1.26 bits per heavy atom. The minimum atomic E-state index is -0.306. The normalized spacial score (nSPS) is 16.4. The summed E-state index contributed by atoms with van der Waals surface area (Å²) in [5.74, 6) is 0.845. The Labute approximate surface area is 187 Å². The first-order valence-corrected chi connectivity index (χ1v) is 11.7. The van der Waals surface area contributed by atoms with E-state index >= 15 is 0 Å². The first kappa shape index (κ1) is 25.4. The van der Waals surface area contributed by atoms with Gasteiger partial charge in [0.2, 0.25) is 0 Å². The van der Waals surface area contributed by atoms with E-state index < -0.39 is 0 Å². The van der Waals surface area contributed by atoms with Crippen LogP contribution in [0.3, 0.4) is 0 Å². The van der Waals surface area contributed by atoms with Crippen LogP contribution in [0.25, 0.3) is 0 Å². The number of aliphatic hydroxyl groups excluding tert-OH is 1. The number of methoxy groups -OCH3 is 1. The number of nitrogens with zero attached hydrogens (tertiary/aromatic N) is 2. The molecular weight excluding hydrogens is 395 g/mol. The van der Waals surface area contributed by atoms with Gasteiger partial charge >= 0.3 is 0 Å². The van der Waals surface area contributed by atoms with Crippen molar-refractivity contribution < 1.29 is 14.2 Å². The Balaban J connectivity index is 1.89.